The number of rotatable bonds is 2. The molecule has 1 N–H and O–H groups in total. The molecule has 1 fully saturated rings. The van der Waals surface area contributed by atoms with Crippen LogP contribution in [0, 0.1) is 6.92 Å². The van der Waals surface area contributed by atoms with E-state index in [2.05, 4.69) is 10.4 Å². The van der Waals surface area contributed by atoms with E-state index in [0.29, 0.717) is 24.5 Å². The monoisotopic (exact) mass is 245 g/mol. The molecule has 5 heteroatoms. The number of halogens is 2. The fourth-order valence-corrected chi connectivity index (χ4v) is 2.51. The molecule has 1 unspecified atom stereocenters. The van der Waals surface area contributed by atoms with Crippen LogP contribution < -0.4 is 5.32 Å². The number of nitrogens with zero attached hydrogens (tertiary/aromatic N) is 2. The van der Waals surface area contributed by atoms with Crippen LogP contribution in [0.2, 0.25) is 5.15 Å². The first-order chi connectivity index (χ1) is 7.52. The molecule has 1 aromatic rings. The number of nitrogens with one attached hydrogen (secondary N) is 1. The Morgan fingerprint density at radius 3 is 2.88 bits per heavy atom. The highest BCUT2D eigenvalue weighted by atomic mass is 35.5. The second-order valence-electron chi connectivity index (χ2n) is 4.59. The van der Waals surface area contributed by atoms with Crippen molar-refractivity contribution in [3.63, 3.8) is 0 Å². The largest absolute Gasteiger partial charge is 0.314 e. The molecule has 2 heterocycles. The van der Waals surface area contributed by atoms with Gasteiger partial charge in [0.1, 0.15) is 10.8 Å². The Bertz CT molecular complexity index is 383. The third kappa shape index (κ3) is 2.23. The molecule has 1 aliphatic heterocycles. The fourth-order valence-electron chi connectivity index (χ4n) is 2.27. The van der Waals surface area contributed by atoms with Crippen molar-refractivity contribution in [3.05, 3.63) is 16.4 Å². The van der Waals surface area contributed by atoms with E-state index in [1.807, 2.05) is 6.92 Å². The molecule has 1 aromatic heterocycles. The van der Waals surface area contributed by atoms with Gasteiger partial charge in [0.15, 0.2) is 0 Å². The number of hydrogen-bond donors (Lipinski definition) is 1. The van der Waals surface area contributed by atoms with E-state index in [1.54, 1.807) is 11.7 Å². The Hall–Kier alpha value is -0.610. The zero-order valence-corrected chi connectivity index (χ0v) is 10.4. The maximum atomic E-state index is 14.5. The number of aryl methyl sites for hydroxylation is 2. The van der Waals surface area contributed by atoms with Gasteiger partial charge in [0.25, 0.3) is 0 Å². The Morgan fingerprint density at radius 1 is 1.62 bits per heavy atom. The summed E-state index contributed by atoms with van der Waals surface area (Å²) < 4.78 is 16.1. The van der Waals surface area contributed by atoms with Crippen LogP contribution >= 0.6 is 11.6 Å². The number of hydrogen-bond acceptors (Lipinski definition) is 2. The van der Waals surface area contributed by atoms with Gasteiger partial charge in [0.05, 0.1) is 5.69 Å². The summed E-state index contributed by atoms with van der Waals surface area (Å²) in [6, 6.07) is 0. The Balaban J connectivity index is 2.19. The van der Waals surface area contributed by atoms with E-state index in [0.717, 1.165) is 24.2 Å². The van der Waals surface area contributed by atoms with Crippen molar-refractivity contribution in [2.75, 3.05) is 13.1 Å². The quantitative estimate of drug-likeness (QED) is 0.864. The van der Waals surface area contributed by atoms with Crippen LogP contribution in [-0.4, -0.2) is 28.5 Å². The summed E-state index contributed by atoms with van der Waals surface area (Å²) in [6.45, 7) is 3.20. The lowest BCUT2D eigenvalue weighted by Crippen LogP contribution is -2.43. The lowest BCUT2D eigenvalue weighted by atomic mass is 9.89. The van der Waals surface area contributed by atoms with Gasteiger partial charge in [-0.25, -0.2) is 4.39 Å². The van der Waals surface area contributed by atoms with Gasteiger partial charge in [-0.2, -0.15) is 5.10 Å². The molecule has 0 bridgehead atoms. The third-order valence-corrected chi connectivity index (χ3v) is 3.66. The minimum Gasteiger partial charge on any atom is -0.314 e. The lowest BCUT2D eigenvalue weighted by molar-refractivity contribution is 0.122. The molecule has 0 amide bonds. The molecule has 90 valence electrons. The van der Waals surface area contributed by atoms with Crippen molar-refractivity contribution in [1.29, 1.82) is 0 Å². The zero-order chi connectivity index (χ0) is 11.8. The third-order valence-electron chi connectivity index (χ3n) is 3.18. The smallest absolute Gasteiger partial charge is 0.130 e. The second kappa shape index (κ2) is 4.34. The van der Waals surface area contributed by atoms with Crippen molar-refractivity contribution in [3.8, 4) is 0 Å². The van der Waals surface area contributed by atoms with Crippen LogP contribution in [-0.2, 0) is 13.5 Å². The van der Waals surface area contributed by atoms with Crippen molar-refractivity contribution in [2.24, 2.45) is 7.05 Å². The first-order valence-electron chi connectivity index (χ1n) is 5.59. The first kappa shape index (κ1) is 11.9. The van der Waals surface area contributed by atoms with Gasteiger partial charge < -0.3 is 5.32 Å². The average molecular weight is 246 g/mol. The fraction of sp³-hybridized carbons (Fsp3) is 0.727. The summed E-state index contributed by atoms with van der Waals surface area (Å²) in [6.07, 6.45) is 1.84. The van der Waals surface area contributed by atoms with E-state index in [-0.39, 0.29) is 0 Å². The van der Waals surface area contributed by atoms with Crippen LogP contribution in [0.3, 0.4) is 0 Å². The molecular formula is C11H17ClFN3. The summed E-state index contributed by atoms with van der Waals surface area (Å²) >= 11 is 6.11. The SMILES string of the molecule is Cc1nn(C)c(Cl)c1CC1(F)CCCNC1. The summed E-state index contributed by atoms with van der Waals surface area (Å²) in [7, 11) is 1.78. The van der Waals surface area contributed by atoms with E-state index in [1.165, 1.54) is 0 Å². The normalized spacial score (nSPS) is 26.0. The highest BCUT2D eigenvalue weighted by molar-refractivity contribution is 6.30. The molecule has 16 heavy (non-hydrogen) atoms. The second-order valence-corrected chi connectivity index (χ2v) is 4.94. The molecule has 0 aliphatic carbocycles. The first-order valence-corrected chi connectivity index (χ1v) is 5.97. The van der Waals surface area contributed by atoms with Gasteiger partial charge in [-0.1, -0.05) is 11.6 Å². The van der Waals surface area contributed by atoms with Crippen LogP contribution in [0.5, 0.6) is 0 Å². The average Bonchev–Trinajstić information content (AvgIpc) is 2.46. The minimum absolute atomic E-state index is 0.360. The number of piperidine rings is 1. The summed E-state index contributed by atoms with van der Waals surface area (Å²) in [5, 5.41) is 7.86. The highest BCUT2D eigenvalue weighted by Crippen LogP contribution is 2.30. The molecule has 0 spiro atoms. The van der Waals surface area contributed by atoms with Gasteiger partial charge in [-0.05, 0) is 26.3 Å². The van der Waals surface area contributed by atoms with Crippen molar-refractivity contribution < 1.29 is 4.39 Å². The zero-order valence-electron chi connectivity index (χ0n) is 9.69. The van der Waals surface area contributed by atoms with Crippen molar-refractivity contribution in [1.82, 2.24) is 15.1 Å². The van der Waals surface area contributed by atoms with E-state index in [9.17, 15) is 4.39 Å². The summed E-state index contributed by atoms with van der Waals surface area (Å²) in [5.74, 6) is 0. The minimum atomic E-state index is -1.17. The van der Waals surface area contributed by atoms with Crippen LogP contribution in [0.1, 0.15) is 24.1 Å². The highest BCUT2D eigenvalue weighted by Gasteiger charge is 2.33. The number of aromatic nitrogens is 2. The summed E-state index contributed by atoms with van der Waals surface area (Å²) in [5.41, 5.74) is 0.501. The lowest BCUT2D eigenvalue weighted by Gasteiger charge is -2.30. The van der Waals surface area contributed by atoms with Gasteiger partial charge in [0, 0.05) is 25.6 Å². The van der Waals surface area contributed by atoms with Crippen LogP contribution in [0.25, 0.3) is 0 Å². The Morgan fingerprint density at radius 2 is 2.38 bits per heavy atom. The van der Waals surface area contributed by atoms with E-state index in [4.69, 9.17) is 11.6 Å². The Kier molecular flexibility index (Phi) is 3.22. The molecule has 3 nitrogen and oxygen atoms in total. The topological polar surface area (TPSA) is 29.9 Å². The molecular weight excluding hydrogens is 229 g/mol. The van der Waals surface area contributed by atoms with Gasteiger partial charge in [-0.15, -0.1) is 0 Å². The van der Waals surface area contributed by atoms with Gasteiger partial charge in [-0.3, -0.25) is 4.68 Å². The molecule has 2 rings (SSSR count). The Labute approximate surface area is 100.0 Å². The van der Waals surface area contributed by atoms with Gasteiger partial charge >= 0.3 is 0 Å². The van der Waals surface area contributed by atoms with Crippen molar-refractivity contribution >= 4 is 11.6 Å². The van der Waals surface area contributed by atoms with Crippen LogP contribution in [0.4, 0.5) is 4.39 Å². The summed E-state index contributed by atoms with van der Waals surface area (Å²) in [4.78, 5) is 0. The predicted octanol–water partition coefficient (Wildman–Crippen LogP) is 2.02. The molecule has 0 radical (unpaired) electrons. The standard InChI is InChI=1S/C11H17ClFN3/c1-8-9(10(12)16(2)15-8)6-11(13)4-3-5-14-7-11/h14H,3-7H2,1-2H3. The van der Waals surface area contributed by atoms with E-state index < -0.39 is 5.67 Å². The molecule has 1 aliphatic rings. The predicted molar refractivity (Wildman–Crippen MR) is 62.6 cm³/mol. The molecule has 1 atom stereocenters. The molecule has 0 aromatic carbocycles. The van der Waals surface area contributed by atoms with Crippen LogP contribution in [0.15, 0.2) is 0 Å². The maximum Gasteiger partial charge on any atom is 0.130 e. The van der Waals surface area contributed by atoms with Gasteiger partial charge in [0.2, 0.25) is 0 Å². The molecule has 0 saturated carbocycles. The maximum absolute atomic E-state index is 14.5. The van der Waals surface area contributed by atoms with Crippen molar-refractivity contribution in [2.45, 2.75) is 31.9 Å². The molecule has 1 saturated heterocycles. The van der Waals surface area contributed by atoms with E-state index >= 15 is 0 Å². The number of alkyl halides is 1.